The van der Waals surface area contributed by atoms with Crippen LogP contribution in [0.5, 0.6) is 5.75 Å². The molecule has 5 nitrogen and oxygen atoms in total. The molecule has 5 rings (SSSR count). The topological polar surface area (TPSA) is 66.8 Å². The number of nitrogens with zero attached hydrogens (tertiary/aromatic N) is 1. The number of benzene rings is 2. The predicted octanol–water partition coefficient (Wildman–Crippen LogP) is 4.98. The summed E-state index contributed by atoms with van der Waals surface area (Å²) >= 11 is 1.26. The summed E-state index contributed by atoms with van der Waals surface area (Å²) in [5, 5.41) is 12.9. The fourth-order valence-electron chi connectivity index (χ4n) is 4.14. The van der Waals surface area contributed by atoms with E-state index in [0.717, 1.165) is 41.2 Å². The zero-order chi connectivity index (χ0) is 22.4. The van der Waals surface area contributed by atoms with Crippen molar-refractivity contribution in [3.63, 3.8) is 0 Å². The molecule has 162 valence electrons. The Bertz CT molecular complexity index is 1270. The monoisotopic (exact) mass is 453 g/mol. The summed E-state index contributed by atoms with van der Waals surface area (Å²) in [5.41, 5.74) is 0.891. The first-order valence-electron chi connectivity index (χ1n) is 10.0. The third kappa shape index (κ3) is 3.27. The van der Waals surface area contributed by atoms with Gasteiger partial charge in [-0.25, -0.2) is 8.78 Å². The van der Waals surface area contributed by atoms with Gasteiger partial charge in [-0.15, -0.1) is 11.3 Å². The summed E-state index contributed by atoms with van der Waals surface area (Å²) in [5.74, 6) is -3.32. The number of Topliss-reactive ketones (excluding diaryl/α,β-unsaturated/α-hetero) is 1. The zero-order valence-electron chi connectivity index (χ0n) is 16.7. The summed E-state index contributed by atoms with van der Waals surface area (Å²) in [6.45, 7) is 0.616. The van der Waals surface area contributed by atoms with Gasteiger partial charge in [-0.05, 0) is 60.2 Å². The highest BCUT2D eigenvalue weighted by atomic mass is 32.1. The van der Waals surface area contributed by atoms with Gasteiger partial charge in [0.25, 0.3) is 11.7 Å². The first-order valence-corrected chi connectivity index (χ1v) is 10.9. The number of anilines is 1. The van der Waals surface area contributed by atoms with E-state index in [4.69, 9.17) is 4.74 Å². The molecule has 1 unspecified atom stereocenters. The van der Waals surface area contributed by atoms with E-state index < -0.39 is 29.4 Å². The Morgan fingerprint density at radius 1 is 1.12 bits per heavy atom. The molecule has 2 aliphatic heterocycles. The molecule has 0 bridgehead atoms. The summed E-state index contributed by atoms with van der Waals surface area (Å²) in [4.78, 5) is 27.6. The third-order valence-electron chi connectivity index (χ3n) is 5.61. The van der Waals surface area contributed by atoms with Gasteiger partial charge in [0.1, 0.15) is 29.2 Å². The minimum absolute atomic E-state index is 0.141. The Balaban J connectivity index is 1.68. The van der Waals surface area contributed by atoms with Gasteiger partial charge in [-0.3, -0.25) is 14.5 Å². The summed E-state index contributed by atoms with van der Waals surface area (Å²) in [7, 11) is 0. The molecule has 1 aromatic heterocycles. The van der Waals surface area contributed by atoms with Crippen LogP contribution >= 0.6 is 11.3 Å². The summed E-state index contributed by atoms with van der Waals surface area (Å²) < 4.78 is 33.7. The van der Waals surface area contributed by atoms with Gasteiger partial charge in [0.15, 0.2) is 0 Å². The standard InChI is InChI=1S/C24H17F2NO4S/c25-15-6-7-17(16(26)12-15)27-21(19-4-2-10-32-19)20(23(29)24(27)30)22(28)14-5-8-18-13(11-14)3-1-9-31-18/h2,4-8,10-12,21,28H,1,3,9H2/b22-20-. The maximum absolute atomic E-state index is 14.6. The highest BCUT2D eigenvalue weighted by molar-refractivity contribution is 7.10. The Kier molecular flexibility index (Phi) is 5.01. The number of hydrogen-bond acceptors (Lipinski definition) is 5. The number of halogens is 2. The van der Waals surface area contributed by atoms with Crippen molar-refractivity contribution in [3.8, 4) is 5.75 Å². The second-order valence-electron chi connectivity index (χ2n) is 7.55. The molecular formula is C24H17F2NO4S. The van der Waals surface area contributed by atoms with Crippen molar-refractivity contribution < 1.29 is 28.2 Å². The van der Waals surface area contributed by atoms with Crippen LogP contribution in [0.2, 0.25) is 0 Å². The maximum atomic E-state index is 14.6. The smallest absolute Gasteiger partial charge is 0.300 e. The minimum atomic E-state index is -1.04. The van der Waals surface area contributed by atoms with Crippen LogP contribution < -0.4 is 9.64 Å². The van der Waals surface area contributed by atoms with Crippen LogP contribution in [0.1, 0.15) is 28.5 Å². The van der Waals surface area contributed by atoms with Crippen molar-refractivity contribution in [3.05, 3.63) is 87.1 Å². The van der Waals surface area contributed by atoms with Crippen molar-refractivity contribution >= 4 is 34.5 Å². The number of hydrogen-bond donors (Lipinski definition) is 1. The van der Waals surface area contributed by atoms with Crippen molar-refractivity contribution in [2.75, 3.05) is 11.5 Å². The van der Waals surface area contributed by atoms with Crippen LogP contribution in [-0.2, 0) is 16.0 Å². The van der Waals surface area contributed by atoms with E-state index in [-0.39, 0.29) is 17.0 Å². The molecule has 8 heteroatoms. The average molecular weight is 453 g/mol. The summed E-state index contributed by atoms with van der Waals surface area (Å²) in [6, 6.07) is 10.3. The number of ether oxygens (including phenoxy) is 1. The van der Waals surface area contributed by atoms with Gasteiger partial charge in [0.05, 0.1) is 17.9 Å². The van der Waals surface area contributed by atoms with E-state index in [1.54, 1.807) is 35.7 Å². The van der Waals surface area contributed by atoms with Gasteiger partial charge in [0, 0.05) is 16.5 Å². The normalized spacial score (nSPS) is 19.7. The number of ketones is 1. The molecule has 0 spiro atoms. The number of rotatable bonds is 3. The number of aliphatic hydroxyl groups is 1. The van der Waals surface area contributed by atoms with E-state index in [1.807, 2.05) is 0 Å². The molecule has 3 aromatic rings. The van der Waals surface area contributed by atoms with Crippen molar-refractivity contribution in [1.29, 1.82) is 0 Å². The molecule has 0 aliphatic carbocycles. The van der Waals surface area contributed by atoms with Crippen molar-refractivity contribution in [2.24, 2.45) is 0 Å². The Labute approximate surface area is 186 Å². The number of carbonyl (C=O) groups excluding carboxylic acids is 2. The van der Waals surface area contributed by atoms with Crippen LogP contribution in [0.25, 0.3) is 5.76 Å². The molecule has 32 heavy (non-hydrogen) atoms. The molecule has 2 aliphatic rings. The molecule has 1 N–H and O–H groups in total. The van der Waals surface area contributed by atoms with Gasteiger partial charge >= 0.3 is 0 Å². The second kappa shape index (κ2) is 7.87. The molecule has 0 radical (unpaired) electrons. The Morgan fingerprint density at radius 3 is 2.72 bits per heavy atom. The van der Waals surface area contributed by atoms with E-state index in [9.17, 15) is 23.5 Å². The van der Waals surface area contributed by atoms with Gasteiger partial charge in [-0.1, -0.05) is 6.07 Å². The summed E-state index contributed by atoms with van der Waals surface area (Å²) in [6.07, 6.45) is 1.60. The van der Waals surface area contributed by atoms with Crippen LogP contribution in [-0.4, -0.2) is 23.4 Å². The molecule has 1 saturated heterocycles. The minimum Gasteiger partial charge on any atom is -0.507 e. The van der Waals surface area contributed by atoms with E-state index in [0.29, 0.717) is 23.1 Å². The number of aryl methyl sites for hydroxylation is 1. The highest BCUT2D eigenvalue weighted by Gasteiger charge is 2.48. The molecule has 2 aromatic carbocycles. The molecule has 3 heterocycles. The van der Waals surface area contributed by atoms with E-state index >= 15 is 0 Å². The van der Waals surface area contributed by atoms with E-state index in [1.165, 1.54) is 11.3 Å². The number of amides is 1. The third-order valence-corrected chi connectivity index (χ3v) is 6.53. The molecule has 1 fully saturated rings. The lowest BCUT2D eigenvalue weighted by molar-refractivity contribution is -0.132. The number of thiophene rings is 1. The second-order valence-corrected chi connectivity index (χ2v) is 8.53. The largest absolute Gasteiger partial charge is 0.507 e. The van der Waals surface area contributed by atoms with Crippen molar-refractivity contribution in [2.45, 2.75) is 18.9 Å². The van der Waals surface area contributed by atoms with Crippen LogP contribution in [0.15, 0.2) is 59.5 Å². The lowest BCUT2D eigenvalue weighted by Crippen LogP contribution is -2.30. The van der Waals surface area contributed by atoms with Crippen LogP contribution in [0, 0.1) is 11.6 Å². The highest BCUT2D eigenvalue weighted by Crippen LogP contribution is 2.44. The van der Waals surface area contributed by atoms with Crippen molar-refractivity contribution in [1.82, 2.24) is 0 Å². The fraction of sp³-hybridized carbons (Fsp3) is 0.167. The predicted molar refractivity (Wildman–Crippen MR) is 116 cm³/mol. The zero-order valence-corrected chi connectivity index (χ0v) is 17.5. The quantitative estimate of drug-likeness (QED) is 0.345. The molecule has 1 atom stereocenters. The van der Waals surface area contributed by atoms with Crippen LogP contribution in [0.3, 0.4) is 0 Å². The van der Waals surface area contributed by atoms with Gasteiger partial charge in [-0.2, -0.15) is 0 Å². The first-order chi connectivity index (χ1) is 15.5. The molecule has 1 amide bonds. The number of aliphatic hydroxyl groups excluding tert-OH is 1. The SMILES string of the molecule is O=C1C(=O)N(c2ccc(F)cc2F)C(c2cccs2)/C1=C(/O)c1ccc2c(c1)CCCO2. The van der Waals surface area contributed by atoms with Crippen LogP contribution in [0.4, 0.5) is 14.5 Å². The number of carbonyl (C=O) groups is 2. The lowest BCUT2D eigenvalue weighted by Gasteiger charge is -2.24. The average Bonchev–Trinajstić information content (AvgIpc) is 3.40. The molecular weight excluding hydrogens is 436 g/mol. The Morgan fingerprint density at radius 2 is 1.97 bits per heavy atom. The Hall–Kier alpha value is -3.52. The van der Waals surface area contributed by atoms with Gasteiger partial charge < -0.3 is 9.84 Å². The maximum Gasteiger partial charge on any atom is 0.300 e. The fourth-order valence-corrected chi connectivity index (χ4v) is 4.96. The lowest BCUT2D eigenvalue weighted by atomic mass is 9.97. The molecule has 0 saturated carbocycles. The first kappa shape index (κ1) is 20.4. The number of fused-ring (bicyclic) bond motifs is 1. The van der Waals surface area contributed by atoms with Gasteiger partial charge in [0.2, 0.25) is 0 Å². The van der Waals surface area contributed by atoms with E-state index in [2.05, 4.69) is 0 Å².